The van der Waals surface area contributed by atoms with E-state index in [0.29, 0.717) is 0 Å². The van der Waals surface area contributed by atoms with E-state index in [-0.39, 0.29) is 12.1 Å². The molecule has 1 rings (SSSR count). The second kappa shape index (κ2) is 5.92. The highest BCUT2D eigenvalue weighted by atomic mass is 35.5. The van der Waals surface area contributed by atoms with Crippen LogP contribution < -0.4 is 4.90 Å². The molecule has 94 valence electrons. The maximum absolute atomic E-state index is 11.9. The summed E-state index contributed by atoms with van der Waals surface area (Å²) in [6.45, 7) is 7.53. The number of halogens is 1. The van der Waals surface area contributed by atoms with Gasteiger partial charge in [0.15, 0.2) is 0 Å². The van der Waals surface area contributed by atoms with E-state index >= 15 is 0 Å². The smallest absolute Gasteiger partial charge is 0.415 e. The number of carbonyl (C=O) groups excluding carboxylic acids is 1. The van der Waals surface area contributed by atoms with E-state index in [9.17, 15) is 4.79 Å². The van der Waals surface area contributed by atoms with Crippen LogP contribution in [0, 0.1) is 13.8 Å². The molecular formula is C13H18ClNO2. The summed E-state index contributed by atoms with van der Waals surface area (Å²) in [5.41, 5.74) is 2.84. The standard InChI is InChI=1S/C13H18ClNO2/c1-9(2)17-13(16)15(8-14)12-10(3)6-5-7-11(12)4/h5-7,9H,8H2,1-4H3. The van der Waals surface area contributed by atoms with E-state index in [2.05, 4.69) is 0 Å². The number of carbonyl (C=O) groups is 1. The van der Waals surface area contributed by atoms with Gasteiger partial charge >= 0.3 is 6.09 Å². The fourth-order valence-corrected chi connectivity index (χ4v) is 1.91. The molecule has 4 heteroatoms. The molecule has 17 heavy (non-hydrogen) atoms. The lowest BCUT2D eigenvalue weighted by molar-refractivity contribution is 0.123. The average Bonchev–Trinajstić information content (AvgIpc) is 2.22. The van der Waals surface area contributed by atoms with Crippen molar-refractivity contribution in [2.24, 2.45) is 0 Å². The van der Waals surface area contributed by atoms with Crippen LogP contribution in [0.5, 0.6) is 0 Å². The van der Waals surface area contributed by atoms with Gasteiger partial charge in [-0.3, -0.25) is 4.90 Å². The third kappa shape index (κ3) is 3.37. The Labute approximate surface area is 107 Å². The number of alkyl halides is 1. The molecule has 0 N–H and O–H groups in total. The largest absolute Gasteiger partial charge is 0.446 e. The quantitative estimate of drug-likeness (QED) is 0.606. The summed E-state index contributed by atoms with van der Waals surface area (Å²) in [7, 11) is 0. The van der Waals surface area contributed by atoms with E-state index < -0.39 is 6.09 Å². The minimum absolute atomic E-state index is 0.0806. The molecule has 0 saturated carbocycles. The highest BCUT2D eigenvalue weighted by Crippen LogP contribution is 2.25. The Bertz CT molecular complexity index is 384. The molecule has 1 aromatic rings. The second-order valence-corrected chi connectivity index (χ2v) is 4.46. The number of hydrogen-bond acceptors (Lipinski definition) is 2. The lowest BCUT2D eigenvalue weighted by Gasteiger charge is -2.24. The summed E-state index contributed by atoms with van der Waals surface area (Å²) < 4.78 is 5.17. The molecule has 0 heterocycles. The number of aryl methyl sites for hydroxylation is 2. The van der Waals surface area contributed by atoms with Crippen LogP contribution in [0.4, 0.5) is 10.5 Å². The van der Waals surface area contributed by atoms with Crippen LogP contribution >= 0.6 is 11.6 Å². The average molecular weight is 256 g/mol. The lowest BCUT2D eigenvalue weighted by atomic mass is 10.1. The van der Waals surface area contributed by atoms with Crippen LogP contribution in [0.1, 0.15) is 25.0 Å². The van der Waals surface area contributed by atoms with Crippen molar-refractivity contribution in [2.45, 2.75) is 33.8 Å². The number of anilines is 1. The number of para-hydroxylation sites is 1. The first-order valence-electron chi connectivity index (χ1n) is 5.57. The first-order chi connectivity index (χ1) is 7.97. The van der Waals surface area contributed by atoms with Gasteiger partial charge in [-0.05, 0) is 38.8 Å². The van der Waals surface area contributed by atoms with Gasteiger partial charge in [0.05, 0.1) is 11.8 Å². The molecule has 0 saturated heterocycles. The van der Waals surface area contributed by atoms with Crippen molar-refractivity contribution in [1.29, 1.82) is 0 Å². The fourth-order valence-electron chi connectivity index (χ4n) is 1.70. The van der Waals surface area contributed by atoms with E-state index in [4.69, 9.17) is 16.3 Å². The van der Waals surface area contributed by atoms with Crippen LogP contribution in [0.3, 0.4) is 0 Å². The van der Waals surface area contributed by atoms with E-state index in [0.717, 1.165) is 16.8 Å². The lowest BCUT2D eigenvalue weighted by Crippen LogP contribution is -2.33. The molecule has 0 aliphatic carbocycles. The summed E-state index contributed by atoms with van der Waals surface area (Å²) >= 11 is 5.85. The number of amides is 1. The van der Waals surface area contributed by atoms with E-state index in [1.165, 1.54) is 4.90 Å². The van der Waals surface area contributed by atoms with Crippen molar-refractivity contribution < 1.29 is 9.53 Å². The van der Waals surface area contributed by atoms with Gasteiger partial charge in [-0.2, -0.15) is 0 Å². The van der Waals surface area contributed by atoms with Crippen molar-refractivity contribution >= 4 is 23.4 Å². The van der Waals surface area contributed by atoms with Gasteiger partial charge < -0.3 is 4.74 Å². The van der Waals surface area contributed by atoms with Gasteiger partial charge in [0.1, 0.15) is 6.00 Å². The summed E-state index contributed by atoms with van der Waals surface area (Å²) in [5.74, 6) is 0. The van der Waals surface area contributed by atoms with Crippen molar-refractivity contribution in [2.75, 3.05) is 10.9 Å². The Morgan fingerprint density at radius 3 is 2.29 bits per heavy atom. The highest BCUT2D eigenvalue weighted by molar-refractivity contribution is 6.21. The summed E-state index contributed by atoms with van der Waals surface area (Å²) in [5, 5.41) is 0. The zero-order valence-corrected chi connectivity index (χ0v) is 11.4. The van der Waals surface area contributed by atoms with Crippen molar-refractivity contribution in [1.82, 2.24) is 0 Å². The topological polar surface area (TPSA) is 29.5 Å². The summed E-state index contributed by atoms with van der Waals surface area (Å²) in [6.07, 6.45) is -0.565. The molecule has 0 radical (unpaired) electrons. The first-order valence-corrected chi connectivity index (χ1v) is 6.11. The molecule has 0 aliphatic heterocycles. The van der Waals surface area contributed by atoms with E-state index in [1.54, 1.807) is 0 Å². The number of ether oxygens (including phenoxy) is 1. The Balaban J connectivity index is 3.05. The Kier molecular flexibility index (Phi) is 4.82. The minimum atomic E-state index is -0.410. The van der Waals surface area contributed by atoms with Crippen LogP contribution in [-0.4, -0.2) is 18.2 Å². The predicted molar refractivity (Wildman–Crippen MR) is 70.7 cm³/mol. The molecular weight excluding hydrogens is 238 g/mol. The number of rotatable bonds is 3. The second-order valence-electron chi connectivity index (χ2n) is 4.22. The third-order valence-corrected chi connectivity index (χ3v) is 2.62. The monoisotopic (exact) mass is 255 g/mol. The molecule has 0 aliphatic rings. The minimum Gasteiger partial charge on any atom is -0.446 e. The molecule has 0 aromatic heterocycles. The Morgan fingerprint density at radius 2 is 1.88 bits per heavy atom. The number of nitrogens with zero attached hydrogens (tertiary/aromatic N) is 1. The van der Waals surface area contributed by atoms with E-state index in [1.807, 2.05) is 45.9 Å². The van der Waals surface area contributed by atoms with Crippen LogP contribution in [0.15, 0.2) is 18.2 Å². The van der Waals surface area contributed by atoms with Crippen molar-refractivity contribution in [3.8, 4) is 0 Å². The summed E-state index contributed by atoms with van der Waals surface area (Å²) in [6, 6.07) is 5.93. The molecule has 1 aromatic carbocycles. The number of benzene rings is 1. The SMILES string of the molecule is Cc1cccc(C)c1N(CCl)C(=O)OC(C)C. The first kappa shape index (κ1) is 13.8. The molecule has 0 unspecified atom stereocenters. The predicted octanol–water partition coefficient (Wildman–Crippen LogP) is 3.85. The van der Waals surface area contributed by atoms with Crippen LogP contribution in [0.25, 0.3) is 0 Å². The normalized spacial score (nSPS) is 10.5. The van der Waals surface area contributed by atoms with Crippen molar-refractivity contribution in [3.63, 3.8) is 0 Å². The molecule has 0 fully saturated rings. The number of hydrogen-bond donors (Lipinski definition) is 0. The van der Waals surface area contributed by atoms with Gasteiger partial charge in [-0.1, -0.05) is 18.2 Å². The van der Waals surface area contributed by atoms with Gasteiger partial charge in [0.2, 0.25) is 0 Å². The molecule has 3 nitrogen and oxygen atoms in total. The fraction of sp³-hybridized carbons (Fsp3) is 0.462. The van der Waals surface area contributed by atoms with Gasteiger partial charge in [-0.15, -0.1) is 11.6 Å². The molecule has 0 atom stereocenters. The third-order valence-electron chi connectivity index (χ3n) is 2.39. The Morgan fingerprint density at radius 1 is 1.35 bits per heavy atom. The van der Waals surface area contributed by atoms with Gasteiger partial charge in [0, 0.05) is 0 Å². The zero-order valence-electron chi connectivity index (χ0n) is 10.7. The van der Waals surface area contributed by atoms with Gasteiger partial charge in [-0.25, -0.2) is 4.79 Å². The Hall–Kier alpha value is -1.22. The zero-order chi connectivity index (χ0) is 13.0. The van der Waals surface area contributed by atoms with Crippen molar-refractivity contribution in [3.05, 3.63) is 29.3 Å². The van der Waals surface area contributed by atoms with Crippen LogP contribution in [0.2, 0.25) is 0 Å². The summed E-state index contributed by atoms with van der Waals surface area (Å²) in [4.78, 5) is 13.4. The maximum atomic E-state index is 11.9. The molecule has 0 spiro atoms. The van der Waals surface area contributed by atoms with Crippen LogP contribution in [-0.2, 0) is 4.74 Å². The van der Waals surface area contributed by atoms with Gasteiger partial charge in [0.25, 0.3) is 0 Å². The maximum Gasteiger partial charge on any atom is 0.415 e. The molecule has 0 bridgehead atoms. The highest BCUT2D eigenvalue weighted by Gasteiger charge is 2.20. The molecule has 1 amide bonds.